The summed E-state index contributed by atoms with van der Waals surface area (Å²) in [5, 5.41) is 71.0. The quantitative estimate of drug-likeness (QED) is 0.0664. The van der Waals surface area contributed by atoms with E-state index in [1.54, 1.807) is 44.2 Å². The van der Waals surface area contributed by atoms with Crippen molar-refractivity contribution >= 4 is 70.9 Å². The summed E-state index contributed by atoms with van der Waals surface area (Å²) in [6.45, 7) is 2.77. The molecule has 0 radical (unpaired) electrons. The summed E-state index contributed by atoms with van der Waals surface area (Å²) in [6, 6.07) is -3.45. The van der Waals surface area contributed by atoms with Gasteiger partial charge in [0.15, 0.2) is 0 Å². The van der Waals surface area contributed by atoms with Crippen molar-refractivity contribution in [2.24, 2.45) is 17.4 Å². The van der Waals surface area contributed by atoms with Gasteiger partial charge in [0.05, 0.1) is 19.3 Å². The summed E-state index contributed by atoms with van der Waals surface area (Å²) in [7, 11) is 0. The highest BCUT2D eigenvalue weighted by atomic mass is 16.4. The first kappa shape index (κ1) is 68.2. The third-order valence-electron chi connectivity index (χ3n) is 15.2. The van der Waals surface area contributed by atoms with Crippen LogP contribution in [0.15, 0.2) is 66.7 Å². The number of aliphatic hydroxyl groups is 3. The van der Waals surface area contributed by atoms with Crippen molar-refractivity contribution in [3.63, 3.8) is 0 Å². The molecule has 2 saturated heterocycles. The lowest BCUT2D eigenvalue weighted by Crippen LogP contribution is -2.62. The van der Waals surface area contributed by atoms with Gasteiger partial charge in [-0.05, 0) is 81.0 Å². The third-order valence-corrected chi connectivity index (χ3v) is 15.2. The molecule has 2 aromatic rings. The fourth-order valence-corrected chi connectivity index (χ4v) is 10.1. The number of aliphatic carboxylic acids is 1. The van der Waals surface area contributed by atoms with Gasteiger partial charge >= 0.3 is 5.97 Å². The molecule has 5 rings (SSSR count). The Bertz CT molecular complexity index is 2790. The first-order valence-corrected chi connectivity index (χ1v) is 28.5. The number of primary amides is 1. The SMILES string of the molecule is CC[C@H](C)[C@@H]1NC(=O)[C@H](CO)NC(=O)C(Cc2ccccc2)NC(=O)[C@H]([C@@H](C)O)NC(=O)[C@H](NC(=O)[C@@H](N)CO)C/C=C/C[C@@H](C(=O)N[C@@H](Cc2ccc(O)cc2)C(=O)O)NC(=O)C(CCC(N)=O)NC(=O)[C@@H]2CCCN2C(=O)[C@@H]2CCCN2C1=O. The minimum Gasteiger partial charge on any atom is -0.508 e. The van der Waals surface area contributed by atoms with E-state index in [2.05, 4.69) is 42.5 Å². The van der Waals surface area contributed by atoms with Gasteiger partial charge in [-0.15, -0.1) is 0 Å². The summed E-state index contributed by atoms with van der Waals surface area (Å²) < 4.78 is 0. The van der Waals surface area contributed by atoms with Crippen LogP contribution < -0.4 is 54.0 Å². The first-order chi connectivity index (χ1) is 40.9. The second-order valence-electron chi connectivity index (χ2n) is 21.7. The number of aliphatic hydroxyl groups excluding tert-OH is 3. The molecule has 29 heteroatoms. The molecule has 29 nitrogen and oxygen atoms in total. The number of hydrogen-bond donors (Lipinski definition) is 15. The number of amides is 11. The monoisotopic (exact) mass is 1200 g/mol. The Hall–Kier alpha value is -8.54. The van der Waals surface area contributed by atoms with Crippen molar-refractivity contribution < 1.29 is 83.1 Å². The molecule has 3 aliphatic rings. The van der Waals surface area contributed by atoms with E-state index in [0.29, 0.717) is 30.4 Å². The number of benzene rings is 2. The van der Waals surface area contributed by atoms with Crippen LogP contribution in [0.4, 0.5) is 0 Å². The van der Waals surface area contributed by atoms with Gasteiger partial charge in [-0.1, -0.05) is 74.9 Å². The lowest BCUT2D eigenvalue weighted by Gasteiger charge is -2.35. The average Bonchev–Trinajstić information content (AvgIpc) is 2.58. The van der Waals surface area contributed by atoms with Crippen molar-refractivity contribution in [2.45, 2.75) is 164 Å². The molecule has 3 aliphatic heterocycles. The molecule has 0 spiro atoms. The maximum absolute atomic E-state index is 14.7. The van der Waals surface area contributed by atoms with Gasteiger partial charge < -0.3 is 89.3 Å². The number of carbonyl (C=O) groups is 12. The normalized spacial score (nSPS) is 26.2. The first-order valence-electron chi connectivity index (χ1n) is 28.5. The highest BCUT2D eigenvalue weighted by Crippen LogP contribution is 2.27. The van der Waals surface area contributed by atoms with Crippen molar-refractivity contribution in [1.82, 2.24) is 52.3 Å². The zero-order chi connectivity index (χ0) is 63.4. The molecule has 2 fully saturated rings. The third kappa shape index (κ3) is 19.2. The molecule has 470 valence electrons. The number of phenols is 1. The summed E-state index contributed by atoms with van der Waals surface area (Å²) >= 11 is 0. The van der Waals surface area contributed by atoms with E-state index in [4.69, 9.17) is 11.5 Å². The highest BCUT2D eigenvalue weighted by molar-refractivity contribution is 5.99. The Morgan fingerprint density at radius 3 is 1.87 bits per heavy atom. The lowest BCUT2D eigenvalue weighted by molar-refractivity contribution is -0.149. The Kier molecular flexibility index (Phi) is 25.9. The molecule has 2 unspecified atom stereocenters. The molecule has 3 heterocycles. The van der Waals surface area contributed by atoms with Gasteiger partial charge in [-0.2, -0.15) is 0 Å². The fourth-order valence-electron chi connectivity index (χ4n) is 10.1. The molecule has 2 aromatic carbocycles. The molecular formula is C57H80N12O17. The molecule has 86 heavy (non-hydrogen) atoms. The van der Waals surface area contributed by atoms with Crippen molar-refractivity contribution in [2.75, 3.05) is 26.3 Å². The maximum atomic E-state index is 14.7. The van der Waals surface area contributed by atoms with Gasteiger partial charge in [0.25, 0.3) is 0 Å². The van der Waals surface area contributed by atoms with Crippen LogP contribution in [0.2, 0.25) is 0 Å². The van der Waals surface area contributed by atoms with E-state index < -0.39 is 188 Å². The van der Waals surface area contributed by atoms with Crippen LogP contribution in [-0.4, -0.2) is 205 Å². The highest BCUT2D eigenvalue weighted by Gasteiger charge is 2.45. The molecule has 0 aromatic heterocycles. The van der Waals surface area contributed by atoms with Gasteiger partial charge in [-0.3, -0.25) is 52.7 Å². The van der Waals surface area contributed by atoms with Crippen LogP contribution in [0.1, 0.15) is 89.7 Å². The van der Waals surface area contributed by atoms with E-state index in [1.807, 2.05) is 0 Å². The number of phenolic OH excluding ortho intramolecular Hbond substituents is 1. The van der Waals surface area contributed by atoms with E-state index in [-0.39, 0.29) is 44.5 Å². The number of nitrogens with zero attached hydrogens (tertiary/aromatic N) is 2. The largest absolute Gasteiger partial charge is 0.508 e. The Balaban J connectivity index is 1.59. The van der Waals surface area contributed by atoms with Gasteiger partial charge in [0.1, 0.15) is 72.2 Å². The lowest BCUT2D eigenvalue weighted by atomic mass is 9.96. The minimum atomic E-state index is -1.88. The molecule has 17 N–H and O–H groups in total. The number of hydrogen-bond acceptors (Lipinski definition) is 17. The minimum absolute atomic E-state index is 0.0479. The molecule has 0 aliphatic carbocycles. The van der Waals surface area contributed by atoms with Crippen molar-refractivity contribution in [3.8, 4) is 5.75 Å². The number of carbonyl (C=O) groups excluding carboxylic acids is 11. The van der Waals surface area contributed by atoms with Crippen molar-refractivity contribution in [1.29, 1.82) is 0 Å². The number of carboxylic acids is 1. The van der Waals surface area contributed by atoms with Crippen LogP contribution in [0, 0.1) is 5.92 Å². The smallest absolute Gasteiger partial charge is 0.326 e. The number of carboxylic acid groups (broad SMARTS) is 1. The summed E-state index contributed by atoms with van der Waals surface area (Å²) in [6.07, 6.45) is -0.455. The molecule has 0 bridgehead atoms. The predicted molar refractivity (Wildman–Crippen MR) is 305 cm³/mol. The van der Waals surface area contributed by atoms with Crippen LogP contribution in [0.25, 0.3) is 0 Å². The molecule has 0 saturated carbocycles. The summed E-state index contributed by atoms with van der Waals surface area (Å²) in [5.74, 6) is -12.8. The van der Waals surface area contributed by atoms with Crippen LogP contribution >= 0.6 is 0 Å². The van der Waals surface area contributed by atoms with Crippen LogP contribution in [0.3, 0.4) is 0 Å². The molecule has 11 amide bonds. The van der Waals surface area contributed by atoms with Gasteiger partial charge in [0.2, 0.25) is 65.0 Å². The van der Waals surface area contributed by atoms with Crippen LogP contribution in [-0.2, 0) is 70.4 Å². The Morgan fingerprint density at radius 1 is 0.686 bits per heavy atom. The second kappa shape index (κ2) is 32.7. The fraction of sp³-hybridized carbons (Fsp3) is 0.544. The van der Waals surface area contributed by atoms with E-state index in [1.165, 1.54) is 46.2 Å². The zero-order valence-electron chi connectivity index (χ0n) is 48.1. The number of nitrogens with one attached hydrogen (secondary N) is 8. The maximum Gasteiger partial charge on any atom is 0.326 e. The number of rotatable bonds is 17. The topological polar surface area (TPSA) is 461 Å². The van der Waals surface area contributed by atoms with Gasteiger partial charge in [-0.25, -0.2) is 4.79 Å². The zero-order valence-corrected chi connectivity index (χ0v) is 48.1. The van der Waals surface area contributed by atoms with Crippen LogP contribution in [0.5, 0.6) is 5.75 Å². The number of nitrogens with two attached hydrogens (primary N) is 2. The van der Waals surface area contributed by atoms with E-state index in [9.17, 15) is 83.1 Å². The van der Waals surface area contributed by atoms with E-state index in [0.717, 1.165) is 6.92 Å². The molecular weight excluding hydrogens is 1120 g/mol. The van der Waals surface area contributed by atoms with Gasteiger partial charge in [0, 0.05) is 32.4 Å². The second-order valence-corrected chi connectivity index (χ2v) is 21.7. The van der Waals surface area contributed by atoms with E-state index >= 15 is 0 Å². The number of fused-ring (bicyclic) bond motifs is 2. The van der Waals surface area contributed by atoms with Crippen molar-refractivity contribution in [3.05, 3.63) is 77.9 Å². The average molecular weight is 1210 g/mol. The Morgan fingerprint density at radius 2 is 1.27 bits per heavy atom. The summed E-state index contributed by atoms with van der Waals surface area (Å²) in [4.78, 5) is 170. The number of aromatic hydroxyl groups is 1. The molecule has 13 atom stereocenters. The Labute approximate surface area is 496 Å². The standard InChI is InChI=1S/C57H80N12O17/c1-4-30(2)45-56(84)69-25-11-17-43(69)55(83)68-24-10-16-42(68)53(81)62-38(22-23-44(59)74)49(77)61-36(48(76)64-40(57(85)86)27-33-18-20-34(73)21-19-33)14-8-9-15-37(60-47(75)35(58)28-70)50(78)67-46(31(3)72)54(82)63-39(26-32-12-6-5-7-13-32)51(79)65-41(29-71)52(80)66-45/h5-9,12-13,18-21,30-31,35-43,45-46,70-73H,4,10-11,14-17,22-29,58H2,1-3H3,(H2,59,74)(H,60,75)(H,61,77)(H,62,81)(H,63,82)(H,64,76)(H,65,79)(H,66,80)(H,67,78)(H,85,86)/b9-8+/t30-,31+,35-,36-,37+,38?,39?,40-,41-,42-,43-,45-,46-/m0/s1. The predicted octanol–water partition coefficient (Wildman–Crippen LogP) is -4.52. The summed E-state index contributed by atoms with van der Waals surface area (Å²) in [5.41, 5.74) is 12.1.